The van der Waals surface area contributed by atoms with Gasteiger partial charge in [0.1, 0.15) is 5.82 Å². The van der Waals surface area contributed by atoms with Gasteiger partial charge in [-0.2, -0.15) is 8.78 Å². The van der Waals surface area contributed by atoms with Gasteiger partial charge in [-0.3, -0.25) is 4.79 Å². The second-order valence-electron chi connectivity index (χ2n) is 4.04. The van der Waals surface area contributed by atoms with Gasteiger partial charge in [-0.1, -0.05) is 35.3 Å². The Bertz CT molecular complexity index is 651. The number of hydrogen-bond donors (Lipinski definition) is 0. The molecule has 0 atom stereocenters. The van der Waals surface area contributed by atoms with Gasteiger partial charge in [0.25, 0.3) is 0 Å². The zero-order valence-electron chi connectivity index (χ0n) is 9.84. The van der Waals surface area contributed by atoms with E-state index < -0.39 is 28.6 Å². The highest BCUT2D eigenvalue weighted by molar-refractivity contribution is 6.34. The van der Waals surface area contributed by atoms with E-state index in [1.807, 2.05) is 0 Å². The molecular weight excluding hydrogens is 312 g/mol. The van der Waals surface area contributed by atoms with Crippen molar-refractivity contribution < 1.29 is 18.0 Å². The summed E-state index contributed by atoms with van der Waals surface area (Å²) in [4.78, 5) is 11.8. The lowest BCUT2D eigenvalue weighted by molar-refractivity contribution is 0.00704. The van der Waals surface area contributed by atoms with E-state index in [1.54, 1.807) is 0 Å². The first kappa shape index (κ1) is 14.9. The number of hydrogen-bond acceptors (Lipinski definition) is 1. The van der Waals surface area contributed by atoms with E-state index in [9.17, 15) is 18.0 Å². The fraction of sp³-hybridized carbons (Fsp3) is 0.0714. The van der Waals surface area contributed by atoms with Crippen LogP contribution in [0.15, 0.2) is 42.5 Å². The fourth-order valence-electron chi connectivity index (χ4n) is 1.68. The third-order valence-corrected chi connectivity index (χ3v) is 3.07. The Morgan fingerprint density at radius 1 is 1.00 bits per heavy atom. The van der Waals surface area contributed by atoms with E-state index in [0.717, 1.165) is 24.3 Å². The van der Waals surface area contributed by atoms with Gasteiger partial charge < -0.3 is 0 Å². The highest BCUT2D eigenvalue weighted by atomic mass is 35.5. The number of halogens is 5. The average Bonchev–Trinajstić information content (AvgIpc) is 2.37. The Hall–Kier alpha value is -1.52. The molecule has 0 radical (unpaired) electrons. The minimum absolute atomic E-state index is 0.0338. The lowest BCUT2D eigenvalue weighted by Gasteiger charge is -2.16. The first-order valence-electron chi connectivity index (χ1n) is 5.46. The molecule has 2 aromatic rings. The van der Waals surface area contributed by atoms with Crippen molar-refractivity contribution in [3.05, 3.63) is 69.5 Å². The molecule has 0 aliphatic rings. The molecule has 0 spiro atoms. The summed E-state index contributed by atoms with van der Waals surface area (Å²) in [6.45, 7) is 0. The summed E-state index contributed by atoms with van der Waals surface area (Å²) in [5, 5.41) is -0.0676. The van der Waals surface area contributed by atoms with Gasteiger partial charge in [-0.15, -0.1) is 0 Å². The molecule has 1 nitrogen and oxygen atoms in total. The first-order valence-corrected chi connectivity index (χ1v) is 6.21. The maximum absolute atomic E-state index is 14.1. The van der Waals surface area contributed by atoms with E-state index in [4.69, 9.17) is 23.2 Å². The first-order chi connectivity index (χ1) is 9.32. The summed E-state index contributed by atoms with van der Waals surface area (Å²) < 4.78 is 41.7. The zero-order chi connectivity index (χ0) is 14.9. The minimum atomic E-state index is -3.92. The molecule has 0 aliphatic heterocycles. The maximum Gasteiger partial charge on any atom is 0.335 e. The van der Waals surface area contributed by atoms with Crippen LogP contribution in [-0.2, 0) is 5.92 Å². The van der Waals surface area contributed by atoms with Gasteiger partial charge >= 0.3 is 5.92 Å². The molecule has 6 heteroatoms. The van der Waals surface area contributed by atoms with Crippen LogP contribution in [0.5, 0.6) is 0 Å². The molecule has 0 unspecified atom stereocenters. The number of ketones is 1. The van der Waals surface area contributed by atoms with Crippen LogP contribution in [0.2, 0.25) is 10.0 Å². The lowest BCUT2D eigenvalue weighted by Crippen LogP contribution is -2.27. The van der Waals surface area contributed by atoms with Crippen molar-refractivity contribution in [2.45, 2.75) is 5.92 Å². The van der Waals surface area contributed by atoms with Crippen LogP contribution in [0.25, 0.3) is 0 Å². The van der Waals surface area contributed by atoms with Crippen molar-refractivity contribution in [1.82, 2.24) is 0 Å². The average molecular weight is 319 g/mol. The maximum atomic E-state index is 14.1. The quantitative estimate of drug-likeness (QED) is 0.719. The molecule has 0 fully saturated rings. The van der Waals surface area contributed by atoms with E-state index >= 15 is 0 Å². The van der Waals surface area contributed by atoms with Crippen LogP contribution in [-0.4, -0.2) is 5.78 Å². The van der Waals surface area contributed by atoms with Crippen LogP contribution in [0.4, 0.5) is 13.2 Å². The SMILES string of the molecule is O=C(c1ccccc1F)C(F)(F)c1cc(Cl)cc(Cl)c1. The van der Waals surface area contributed by atoms with Crippen LogP contribution in [0, 0.1) is 5.82 Å². The number of carbonyl (C=O) groups excluding carboxylic acids is 1. The number of rotatable bonds is 3. The van der Waals surface area contributed by atoms with E-state index in [-0.39, 0.29) is 10.0 Å². The van der Waals surface area contributed by atoms with Crippen LogP contribution in [0.1, 0.15) is 15.9 Å². The molecule has 0 saturated carbocycles. The van der Waals surface area contributed by atoms with E-state index in [0.29, 0.717) is 0 Å². The zero-order valence-corrected chi connectivity index (χ0v) is 11.4. The molecule has 0 N–H and O–H groups in total. The number of carbonyl (C=O) groups is 1. The second kappa shape index (κ2) is 5.46. The normalized spacial score (nSPS) is 11.4. The fourth-order valence-corrected chi connectivity index (χ4v) is 2.21. The summed E-state index contributed by atoms with van der Waals surface area (Å²) in [5.74, 6) is -6.57. The molecule has 20 heavy (non-hydrogen) atoms. The molecular formula is C14H7Cl2F3O. The predicted octanol–water partition coefficient (Wildman–Crippen LogP) is 5.11. The summed E-state index contributed by atoms with van der Waals surface area (Å²) in [6, 6.07) is 7.65. The van der Waals surface area contributed by atoms with Gasteiger partial charge in [0.2, 0.25) is 5.78 Å². The number of Topliss-reactive ketones (excluding diaryl/α,β-unsaturated/α-hetero) is 1. The van der Waals surface area contributed by atoms with E-state index in [1.165, 1.54) is 18.2 Å². The highest BCUT2D eigenvalue weighted by Crippen LogP contribution is 2.35. The Labute approximate surface area is 122 Å². The van der Waals surface area contributed by atoms with E-state index in [2.05, 4.69) is 0 Å². The van der Waals surface area contributed by atoms with Crippen LogP contribution in [0.3, 0.4) is 0 Å². The smallest absolute Gasteiger partial charge is 0.287 e. The molecule has 104 valence electrons. The van der Waals surface area contributed by atoms with Crippen LogP contribution >= 0.6 is 23.2 Å². The highest BCUT2D eigenvalue weighted by Gasteiger charge is 2.42. The summed E-state index contributed by atoms with van der Waals surface area (Å²) in [6.07, 6.45) is 0. The molecule has 0 amide bonds. The van der Waals surface area contributed by atoms with Crippen molar-refractivity contribution in [2.24, 2.45) is 0 Å². The molecule has 0 heterocycles. The Balaban J connectivity index is 2.49. The van der Waals surface area contributed by atoms with Gasteiger partial charge in [-0.25, -0.2) is 4.39 Å². The molecule has 0 aromatic heterocycles. The minimum Gasteiger partial charge on any atom is -0.287 e. The molecule has 2 rings (SSSR count). The van der Waals surface area contributed by atoms with Gasteiger partial charge in [-0.05, 0) is 30.3 Å². The lowest BCUT2D eigenvalue weighted by atomic mass is 9.98. The van der Waals surface area contributed by atoms with Gasteiger partial charge in [0.05, 0.1) is 5.56 Å². The topological polar surface area (TPSA) is 17.1 Å². The van der Waals surface area contributed by atoms with Crippen LogP contribution < -0.4 is 0 Å². The molecule has 0 saturated heterocycles. The number of benzene rings is 2. The van der Waals surface area contributed by atoms with Crippen molar-refractivity contribution in [2.75, 3.05) is 0 Å². The predicted molar refractivity (Wildman–Crippen MR) is 71.1 cm³/mol. The second-order valence-corrected chi connectivity index (χ2v) is 4.91. The van der Waals surface area contributed by atoms with Gasteiger partial charge in [0.15, 0.2) is 0 Å². The Morgan fingerprint density at radius 2 is 1.55 bits per heavy atom. The van der Waals surface area contributed by atoms with Crippen molar-refractivity contribution >= 4 is 29.0 Å². The van der Waals surface area contributed by atoms with Crippen molar-refractivity contribution in [3.63, 3.8) is 0 Å². The summed E-state index contributed by atoms with van der Waals surface area (Å²) in [7, 11) is 0. The summed E-state index contributed by atoms with van der Waals surface area (Å²) >= 11 is 11.3. The van der Waals surface area contributed by atoms with Crippen molar-refractivity contribution in [1.29, 1.82) is 0 Å². The van der Waals surface area contributed by atoms with Gasteiger partial charge in [0, 0.05) is 15.6 Å². The number of alkyl halides is 2. The molecule has 2 aromatic carbocycles. The van der Waals surface area contributed by atoms with Crippen molar-refractivity contribution in [3.8, 4) is 0 Å². The monoisotopic (exact) mass is 318 g/mol. The third-order valence-electron chi connectivity index (χ3n) is 2.63. The largest absolute Gasteiger partial charge is 0.335 e. The Morgan fingerprint density at radius 3 is 2.10 bits per heavy atom. The summed E-state index contributed by atoms with van der Waals surface area (Å²) in [5.41, 5.74) is -1.36. The standard InChI is InChI=1S/C14H7Cl2F3O/c15-9-5-8(6-10(16)7-9)14(18,19)13(20)11-3-1-2-4-12(11)17/h1-7H. The Kier molecular flexibility index (Phi) is 4.06. The molecule has 0 aliphatic carbocycles. The molecule has 0 bridgehead atoms. The third kappa shape index (κ3) is 2.81.